The van der Waals surface area contributed by atoms with Crippen molar-refractivity contribution >= 4 is 23.6 Å². The van der Waals surface area contributed by atoms with Gasteiger partial charge in [-0.1, -0.05) is 6.07 Å². The van der Waals surface area contributed by atoms with Gasteiger partial charge in [-0.15, -0.1) is 11.8 Å². The van der Waals surface area contributed by atoms with Gasteiger partial charge in [0, 0.05) is 18.5 Å². The number of aromatic nitrogens is 2. The maximum absolute atomic E-state index is 12.7. The summed E-state index contributed by atoms with van der Waals surface area (Å²) in [5.74, 6) is -1.05. The van der Waals surface area contributed by atoms with Crippen molar-refractivity contribution in [3.05, 3.63) is 47.8 Å². The second kappa shape index (κ2) is 8.06. The Kier molecular flexibility index (Phi) is 6.07. The van der Waals surface area contributed by atoms with E-state index in [1.165, 1.54) is 29.1 Å². The number of thioether (sulfide) groups is 1. The molecule has 0 unspecified atom stereocenters. The SMILES string of the molecule is O=C(O)CSCCNC(=O)c1ccn(-c2cccc(C(F)(F)F)c2)n1. The van der Waals surface area contributed by atoms with E-state index in [2.05, 4.69) is 10.4 Å². The van der Waals surface area contributed by atoms with Crippen molar-refractivity contribution in [2.75, 3.05) is 18.1 Å². The van der Waals surface area contributed by atoms with Gasteiger partial charge in [0.2, 0.25) is 0 Å². The molecule has 0 aliphatic carbocycles. The number of carboxylic acids is 1. The summed E-state index contributed by atoms with van der Waals surface area (Å²) in [5.41, 5.74) is -0.562. The number of nitrogens with one attached hydrogen (secondary N) is 1. The van der Waals surface area contributed by atoms with E-state index in [1.807, 2.05) is 0 Å². The summed E-state index contributed by atoms with van der Waals surface area (Å²) in [7, 11) is 0. The van der Waals surface area contributed by atoms with Crippen LogP contribution < -0.4 is 5.32 Å². The number of amides is 1. The quantitative estimate of drug-likeness (QED) is 0.729. The highest BCUT2D eigenvalue weighted by Gasteiger charge is 2.30. The lowest BCUT2D eigenvalue weighted by Crippen LogP contribution is -2.26. The fourth-order valence-corrected chi connectivity index (χ4v) is 2.47. The van der Waals surface area contributed by atoms with E-state index in [1.54, 1.807) is 0 Å². The molecule has 134 valence electrons. The van der Waals surface area contributed by atoms with Gasteiger partial charge >= 0.3 is 12.1 Å². The summed E-state index contributed by atoms with van der Waals surface area (Å²) >= 11 is 1.16. The highest BCUT2D eigenvalue weighted by molar-refractivity contribution is 7.99. The zero-order chi connectivity index (χ0) is 18.4. The molecule has 0 spiro atoms. The van der Waals surface area contributed by atoms with Gasteiger partial charge in [-0.2, -0.15) is 18.3 Å². The van der Waals surface area contributed by atoms with Crippen LogP contribution >= 0.6 is 11.8 Å². The standard InChI is InChI=1S/C15H14F3N3O3S/c16-15(17,18)10-2-1-3-11(8-10)21-6-4-12(20-21)14(24)19-5-7-25-9-13(22)23/h1-4,6,8H,5,7,9H2,(H,19,24)(H,22,23). The molecule has 1 amide bonds. The summed E-state index contributed by atoms with van der Waals surface area (Å²) in [6.07, 6.45) is -3.07. The first-order valence-corrected chi connectivity index (χ1v) is 8.24. The number of carbonyl (C=O) groups is 2. The molecule has 0 aliphatic rings. The predicted octanol–water partition coefficient (Wildman–Crippen LogP) is 2.44. The van der Waals surface area contributed by atoms with Crippen LogP contribution in [0.1, 0.15) is 16.1 Å². The third kappa shape index (κ3) is 5.52. The predicted molar refractivity (Wildman–Crippen MR) is 85.9 cm³/mol. The minimum atomic E-state index is -4.46. The minimum absolute atomic E-state index is 0.0555. The van der Waals surface area contributed by atoms with Gasteiger partial charge in [0.25, 0.3) is 5.91 Å². The fourth-order valence-electron chi connectivity index (χ4n) is 1.90. The van der Waals surface area contributed by atoms with Gasteiger partial charge in [-0.3, -0.25) is 9.59 Å². The largest absolute Gasteiger partial charge is 0.481 e. The van der Waals surface area contributed by atoms with E-state index in [0.717, 1.165) is 23.9 Å². The molecule has 0 saturated heterocycles. The molecular weight excluding hydrogens is 359 g/mol. The monoisotopic (exact) mass is 373 g/mol. The number of halogens is 3. The zero-order valence-corrected chi connectivity index (χ0v) is 13.6. The first-order valence-electron chi connectivity index (χ1n) is 7.08. The van der Waals surface area contributed by atoms with Crippen LogP contribution in [0, 0.1) is 0 Å². The number of nitrogens with zero attached hydrogens (tertiary/aromatic N) is 2. The summed E-state index contributed by atoms with van der Waals surface area (Å²) in [4.78, 5) is 22.3. The molecule has 2 rings (SSSR count). The Balaban J connectivity index is 1.98. The molecule has 1 aromatic carbocycles. The van der Waals surface area contributed by atoms with Crippen LogP contribution in [0.3, 0.4) is 0 Å². The number of hydrogen-bond donors (Lipinski definition) is 2. The number of rotatable bonds is 7. The summed E-state index contributed by atoms with van der Waals surface area (Å²) < 4.78 is 39.4. The van der Waals surface area contributed by atoms with Crippen LogP contribution in [0.15, 0.2) is 36.5 Å². The van der Waals surface area contributed by atoms with Crippen LogP contribution in [0.4, 0.5) is 13.2 Å². The van der Waals surface area contributed by atoms with Crippen molar-refractivity contribution in [1.82, 2.24) is 15.1 Å². The van der Waals surface area contributed by atoms with Crippen LogP contribution in [-0.2, 0) is 11.0 Å². The lowest BCUT2D eigenvalue weighted by Gasteiger charge is -2.08. The molecule has 6 nitrogen and oxygen atoms in total. The number of alkyl halides is 3. The van der Waals surface area contributed by atoms with Crippen molar-refractivity contribution in [2.24, 2.45) is 0 Å². The molecule has 2 N–H and O–H groups in total. The Bertz CT molecular complexity index is 762. The first-order chi connectivity index (χ1) is 11.8. The smallest absolute Gasteiger partial charge is 0.416 e. The molecule has 0 bridgehead atoms. The Morgan fingerprint density at radius 2 is 2.04 bits per heavy atom. The van der Waals surface area contributed by atoms with Crippen LogP contribution in [-0.4, -0.2) is 44.8 Å². The molecule has 0 aliphatic heterocycles. The van der Waals surface area contributed by atoms with Crippen molar-refractivity contribution in [2.45, 2.75) is 6.18 Å². The molecule has 0 radical (unpaired) electrons. The van der Waals surface area contributed by atoms with Gasteiger partial charge in [0.15, 0.2) is 5.69 Å². The van der Waals surface area contributed by atoms with E-state index in [9.17, 15) is 22.8 Å². The zero-order valence-electron chi connectivity index (χ0n) is 12.8. The highest BCUT2D eigenvalue weighted by atomic mass is 32.2. The number of benzene rings is 1. The lowest BCUT2D eigenvalue weighted by molar-refractivity contribution is -0.137. The third-order valence-corrected chi connectivity index (χ3v) is 3.96. The maximum atomic E-state index is 12.7. The number of carboxylic acid groups (broad SMARTS) is 1. The number of carbonyl (C=O) groups excluding carboxylic acids is 1. The van der Waals surface area contributed by atoms with Gasteiger partial charge in [-0.05, 0) is 24.3 Å². The van der Waals surface area contributed by atoms with E-state index in [-0.39, 0.29) is 23.7 Å². The van der Waals surface area contributed by atoms with Gasteiger partial charge in [0.05, 0.1) is 17.0 Å². The Morgan fingerprint density at radius 1 is 1.28 bits per heavy atom. The molecule has 0 saturated carbocycles. The second-order valence-corrected chi connectivity index (χ2v) is 6.00. The van der Waals surface area contributed by atoms with Crippen molar-refractivity contribution < 1.29 is 27.9 Å². The molecule has 1 heterocycles. The third-order valence-electron chi connectivity index (χ3n) is 3.02. The average molecular weight is 373 g/mol. The molecule has 25 heavy (non-hydrogen) atoms. The minimum Gasteiger partial charge on any atom is -0.481 e. The van der Waals surface area contributed by atoms with Crippen molar-refractivity contribution in [1.29, 1.82) is 0 Å². The maximum Gasteiger partial charge on any atom is 0.416 e. The second-order valence-electron chi connectivity index (χ2n) is 4.90. The topological polar surface area (TPSA) is 84.2 Å². The van der Waals surface area contributed by atoms with Gasteiger partial charge in [0.1, 0.15) is 0 Å². The van der Waals surface area contributed by atoms with Crippen LogP contribution in [0.25, 0.3) is 5.69 Å². The molecule has 1 aromatic heterocycles. The van der Waals surface area contributed by atoms with E-state index < -0.39 is 23.6 Å². The Morgan fingerprint density at radius 3 is 2.72 bits per heavy atom. The number of hydrogen-bond acceptors (Lipinski definition) is 4. The van der Waals surface area contributed by atoms with E-state index in [4.69, 9.17) is 5.11 Å². The van der Waals surface area contributed by atoms with Crippen molar-refractivity contribution in [3.63, 3.8) is 0 Å². The Labute approximate surface area is 145 Å². The van der Waals surface area contributed by atoms with Crippen LogP contribution in [0.2, 0.25) is 0 Å². The molecular formula is C15H14F3N3O3S. The molecule has 2 aromatic rings. The summed E-state index contributed by atoms with van der Waals surface area (Å²) in [6.45, 7) is 0.257. The summed E-state index contributed by atoms with van der Waals surface area (Å²) in [5, 5.41) is 15.0. The molecule has 10 heteroatoms. The molecule has 0 fully saturated rings. The normalized spacial score (nSPS) is 11.3. The van der Waals surface area contributed by atoms with E-state index >= 15 is 0 Å². The fraction of sp³-hybridized carbons (Fsp3) is 0.267. The summed E-state index contributed by atoms with van der Waals surface area (Å²) in [6, 6.07) is 6.00. The first kappa shape index (κ1) is 18.8. The van der Waals surface area contributed by atoms with Gasteiger partial charge in [-0.25, -0.2) is 4.68 Å². The van der Waals surface area contributed by atoms with Gasteiger partial charge < -0.3 is 10.4 Å². The number of aliphatic carboxylic acids is 1. The highest BCUT2D eigenvalue weighted by Crippen LogP contribution is 2.30. The Hall–Kier alpha value is -2.49. The lowest BCUT2D eigenvalue weighted by atomic mass is 10.2. The van der Waals surface area contributed by atoms with E-state index in [0.29, 0.717) is 5.75 Å². The molecule has 0 atom stereocenters. The average Bonchev–Trinajstić information content (AvgIpc) is 3.03. The van der Waals surface area contributed by atoms with Crippen LogP contribution in [0.5, 0.6) is 0 Å². The van der Waals surface area contributed by atoms with Crippen molar-refractivity contribution in [3.8, 4) is 5.69 Å².